The van der Waals surface area contributed by atoms with Crippen LogP contribution in [-0.4, -0.2) is 23.1 Å². The molecule has 3 rings (SSSR count). The van der Waals surface area contributed by atoms with Gasteiger partial charge in [0.1, 0.15) is 11.5 Å². The summed E-state index contributed by atoms with van der Waals surface area (Å²) in [7, 11) is 1.60. The zero-order valence-corrected chi connectivity index (χ0v) is 12.0. The van der Waals surface area contributed by atoms with E-state index >= 15 is 0 Å². The number of hydrogen-bond acceptors (Lipinski definition) is 5. The highest BCUT2D eigenvalue weighted by molar-refractivity contribution is 7.22. The number of thiazole rings is 1. The van der Waals surface area contributed by atoms with Gasteiger partial charge < -0.3 is 9.84 Å². The summed E-state index contributed by atoms with van der Waals surface area (Å²) in [6.07, 6.45) is 0. The predicted octanol–water partition coefficient (Wildman–Crippen LogP) is 3.26. The highest BCUT2D eigenvalue weighted by Crippen LogP contribution is 2.29. The number of hydrogen-bond donors (Lipinski definition) is 2. The second kappa shape index (κ2) is 5.41. The molecule has 2 N–H and O–H groups in total. The summed E-state index contributed by atoms with van der Waals surface area (Å²) in [6, 6.07) is 11.9. The molecule has 1 heterocycles. The van der Waals surface area contributed by atoms with Gasteiger partial charge >= 0.3 is 0 Å². The average Bonchev–Trinajstić information content (AvgIpc) is 2.88. The number of carbonyl (C=O) groups excluding carboxylic acids is 1. The monoisotopic (exact) mass is 300 g/mol. The second-order valence-electron chi connectivity index (χ2n) is 4.32. The SMILES string of the molecule is COc1ccc2nc(NC(=O)c3ccccc3O)sc2c1. The molecule has 0 unspecified atom stereocenters. The Morgan fingerprint density at radius 2 is 2.10 bits per heavy atom. The summed E-state index contributed by atoms with van der Waals surface area (Å²) in [4.78, 5) is 16.4. The third-order valence-corrected chi connectivity index (χ3v) is 3.90. The Balaban J connectivity index is 1.88. The quantitative estimate of drug-likeness (QED) is 0.779. The summed E-state index contributed by atoms with van der Waals surface area (Å²) >= 11 is 1.35. The van der Waals surface area contributed by atoms with Crippen LogP contribution in [0.2, 0.25) is 0 Å². The van der Waals surface area contributed by atoms with Crippen molar-refractivity contribution in [3.63, 3.8) is 0 Å². The van der Waals surface area contributed by atoms with Crippen molar-refractivity contribution >= 4 is 32.6 Å². The number of methoxy groups -OCH3 is 1. The third kappa shape index (κ3) is 2.66. The van der Waals surface area contributed by atoms with Crippen LogP contribution < -0.4 is 10.1 Å². The number of rotatable bonds is 3. The van der Waals surface area contributed by atoms with Gasteiger partial charge in [0.2, 0.25) is 0 Å². The molecule has 1 amide bonds. The normalized spacial score (nSPS) is 10.5. The third-order valence-electron chi connectivity index (χ3n) is 2.96. The molecule has 0 aliphatic rings. The number of benzene rings is 2. The van der Waals surface area contributed by atoms with Gasteiger partial charge in [0.25, 0.3) is 5.91 Å². The van der Waals surface area contributed by atoms with Gasteiger partial charge in [-0.05, 0) is 30.3 Å². The van der Waals surface area contributed by atoms with E-state index in [-0.39, 0.29) is 17.2 Å². The highest BCUT2D eigenvalue weighted by atomic mass is 32.1. The summed E-state index contributed by atoms with van der Waals surface area (Å²) in [6.45, 7) is 0. The minimum absolute atomic E-state index is 0.0576. The van der Waals surface area contributed by atoms with E-state index in [4.69, 9.17) is 4.74 Å². The van der Waals surface area contributed by atoms with E-state index in [0.717, 1.165) is 16.0 Å². The zero-order valence-electron chi connectivity index (χ0n) is 11.2. The van der Waals surface area contributed by atoms with Crippen LogP contribution in [-0.2, 0) is 0 Å². The first-order valence-corrected chi connectivity index (χ1v) is 7.03. The summed E-state index contributed by atoms with van der Waals surface area (Å²) < 4.78 is 6.07. The molecule has 0 spiro atoms. The molecule has 0 saturated carbocycles. The molecule has 2 aromatic carbocycles. The Hall–Kier alpha value is -2.60. The Labute approximate surface area is 124 Å². The lowest BCUT2D eigenvalue weighted by Crippen LogP contribution is -2.11. The molecule has 0 bridgehead atoms. The first kappa shape index (κ1) is 13.4. The average molecular weight is 300 g/mol. The lowest BCUT2D eigenvalue weighted by atomic mass is 10.2. The smallest absolute Gasteiger partial charge is 0.261 e. The lowest BCUT2D eigenvalue weighted by Gasteiger charge is -2.03. The summed E-state index contributed by atoms with van der Waals surface area (Å²) in [5.41, 5.74) is 1.00. The number of phenols is 1. The molecule has 0 aliphatic heterocycles. The van der Waals surface area contributed by atoms with Crippen molar-refractivity contribution in [1.82, 2.24) is 4.98 Å². The Morgan fingerprint density at radius 3 is 2.86 bits per heavy atom. The van der Waals surface area contributed by atoms with E-state index in [2.05, 4.69) is 10.3 Å². The number of nitrogens with one attached hydrogen (secondary N) is 1. The Kier molecular flexibility index (Phi) is 3.45. The molecule has 1 aromatic heterocycles. The fourth-order valence-electron chi connectivity index (χ4n) is 1.92. The number of anilines is 1. The van der Waals surface area contributed by atoms with Gasteiger partial charge in [-0.15, -0.1) is 0 Å². The predicted molar refractivity (Wildman–Crippen MR) is 82.2 cm³/mol. The maximum atomic E-state index is 12.1. The van der Waals surface area contributed by atoms with Crippen LogP contribution >= 0.6 is 11.3 Å². The van der Waals surface area contributed by atoms with E-state index in [1.807, 2.05) is 18.2 Å². The van der Waals surface area contributed by atoms with Gasteiger partial charge in [-0.1, -0.05) is 23.5 Å². The van der Waals surface area contributed by atoms with Crippen LogP contribution in [0.1, 0.15) is 10.4 Å². The van der Waals surface area contributed by atoms with Gasteiger partial charge in [0.15, 0.2) is 5.13 Å². The van der Waals surface area contributed by atoms with E-state index < -0.39 is 0 Å². The number of aromatic hydroxyl groups is 1. The number of fused-ring (bicyclic) bond motifs is 1. The number of carbonyl (C=O) groups is 1. The van der Waals surface area contributed by atoms with Crippen LogP contribution in [0.15, 0.2) is 42.5 Å². The van der Waals surface area contributed by atoms with Crippen molar-refractivity contribution in [2.75, 3.05) is 12.4 Å². The summed E-state index contributed by atoms with van der Waals surface area (Å²) in [5, 5.41) is 12.8. The number of amides is 1. The van der Waals surface area contributed by atoms with E-state index in [1.54, 1.807) is 25.3 Å². The van der Waals surface area contributed by atoms with Crippen molar-refractivity contribution in [1.29, 1.82) is 0 Å². The minimum atomic E-state index is -0.390. The second-order valence-corrected chi connectivity index (χ2v) is 5.35. The largest absolute Gasteiger partial charge is 0.507 e. The standard InChI is InChI=1S/C15H12N2O3S/c1-20-9-6-7-11-13(8-9)21-15(16-11)17-14(19)10-4-2-3-5-12(10)18/h2-8,18H,1H3,(H,16,17,19). The topological polar surface area (TPSA) is 71.5 Å². The number of aromatic nitrogens is 1. The van der Waals surface area contributed by atoms with Crippen LogP contribution in [0.5, 0.6) is 11.5 Å². The number of para-hydroxylation sites is 1. The van der Waals surface area contributed by atoms with Gasteiger partial charge in [0, 0.05) is 0 Å². The molecule has 3 aromatic rings. The lowest BCUT2D eigenvalue weighted by molar-refractivity contribution is 0.102. The van der Waals surface area contributed by atoms with Crippen molar-refractivity contribution in [3.05, 3.63) is 48.0 Å². The van der Waals surface area contributed by atoms with Crippen LogP contribution in [0, 0.1) is 0 Å². The maximum Gasteiger partial charge on any atom is 0.261 e. The van der Waals surface area contributed by atoms with Crippen molar-refractivity contribution in [3.8, 4) is 11.5 Å². The van der Waals surface area contributed by atoms with E-state index in [9.17, 15) is 9.90 Å². The molecule has 0 aliphatic carbocycles. The van der Waals surface area contributed by atoms with E-state index in [1.165, 1.54) is 17.4 Å². The number of phenolic OH excluding ortho intramolecular Hbond substituents is 1. The van der Waals surface area contributed by atoms with Crippen LogP contribution in [0.3, 0.4) is 0 Å². The van der Waals surface area contributed by atoms with Crippen LogP contribution in [0.25, 0.3) is 10.2 Å². The zero-order chi connectivity index (χ0) is 14.8. The molecule has 0 radical (unpaired) electrons. The highest BCUT2D eigenvalue weighted by Gasteiger charge is 2.13. The van der Waals surface area contributed by atoms with Crippen molar-refractivity contribution in [2.24, 2.45) is 0 Å². The van der Waals surface area contributed by atoms with Crippen LogP contribution in [0.4, 0.5) is 5.13 Å². The molecule has 0 fully saturated rings. The van der Waals surface area contributed by atoms with Crippen molar-refractivity contribution < 1.29 is 14.6 Å². The number of ether oxygens (including phenoxy) is 1. The van der Waals surface area contributed by atoms with Gasteiger partial charge in [-0.2, -0.15) is 0 Å². The van der Waals surface area contributed by atoms with Gasteiger partial charge in [-0.3, -0.25) is 10.1 Å². The maximum absolute atomic E-state index is 12.1. The summed E-state index contributed by atoms with van der Waals surface area (Å²) in [5.74, 6) is 0.293. The first-order chi connectivity index (χ1) is 10.2. The molecular formula is C15H12N2O3S. The molecule has 5 nitrogen and oxygen atoms in total. The molecular weight excluding hydrogens is 288 g/mol. The molecule has 0 atom stereocenters. The van der Waals surface area contributed by atoms with E-state index in [0.29, 0.717) is 5.13 Å². The molecule has 6 heteroatoms. The minimum Gasteiger partial charge on any atom is -0.507 e. The van der Waals surface area contributed by atoms with Gasteiger partial charge in [0.05, 0.1) is 22.9 Å². The van der Waals surface area contributed by atoms with Crippen molar-refractivity contribution in [2.45, 2.75) is 0 Å². The Morgan fingerprint density at radius 1 is 1.29 bits per heavy atom. The first-order valence-electron chi connectivity index (χ1n) is 6.21. The fraction of sp³-hybridized carbons (Fsp3) is 0.0667. The number of nitrogens with zero attached hydrogens (tertiary/aromatic N) is 1. The molecule has 106 valence electrons. The fourth-order valence-corrected chi connectivity index (χ4v) is 2.80. The molecule has 21 heavy (non-hydrogen) atoms. The van der Waals surface area contributed by atoms with Gasteiger partial charge in [-0.25, -0.2) is 4.98 Å². The molecule has 0 saturated heterocycles. The Bertz CT molecular complexity index is 814.